The summed E-state index contributed by atoms with van der Waals surface area (Å²) in [6.07, 6.45) is 3.54. The Balaban J connectivity index is 1.66. The molecular weight excluding hydrogens is 258 g/mol. The summed E-state index contributed by atoms with van der Waals surface area (Å²) in [4.78, 5) is 17.9. The number of carbonyl (C=O) groups excluding carboxylic acids is 1. The first kappa shape index (κ1) is 12.4. The molecule has 100 valence electrons. The van der Waals surface area contributed by atoms with Crippen molar-refractivity contribution in [2.75, 3.05) is 25.5 Å². The molecule has 5 heteroatoms. The standard InChI is InChI=1S/C14H17N3OS/c1-17-6-3-10(8-12(17)18)9-16-14-13-11(2-5-15-14)4-7-19-13/h2,4-5,7,10H,3,6,8-9H2,1H3,(H,15,16). The van der Waals surface area contributed by atoms with Crippen LogP contribution < -0.4 is 5.32 Å². The number of hydrogen-bond donors (Lipinski definition) is 1. The number of nitrogens with one attached hydrogen (secondary N) is 1. The van der Waals surface area contributed by atoms with Gasteiger partial charge in [-0.1, -0.05) is 0 Å². The highest BCUT2D eigenvalue weighted by atomic mass is 32.1. The maximum absolute atomic E-state index is 11.7. The average Bonchev–Trinajstić information content (AvgIpc) is 2.89. The van der Waals surface area contributed by atoms with E-state index >= 15 is 0 Å². The Morgan fingerprint density at radius 3 is 3.26 bits per heavy atom. The van der Waals surface area contributed by atoms with Crippen molar-refractivity contribution in [3.63, 3.8) is 0 Å². The van der Waals surface area contributed by atoms with Crippen LogP contribution >= 0.6 is 11.3 Å². The van der Waals surface area contributed by atoms with Crippen molar-refractivity contribution < 1.29 is 4.79 Å². The van der Waals surface area contributed by atoms with E-state index in [-0.39, 0.29) is 5.91 Å². The number of hydrogen-bond acceptors (Lipinski definition) is 4. The average molecular weight is 275 g/mol. The van der Waals surface area contributed by atoms with E-state index in [0.717, 1.165) is 25.3 Å². The molecule has 19 heavy (non-hydrogen) atoms. The van der Waals surface area contributed by atoms with Gasteiger partial charge in [0.25, 0.3) is 0 Å². The SMILES string of the molecule is CN1CCC(CNc2nccc3ccsc23)CC1=O. The molecule has 1 aliphatic heterocycles. The molecule has 0 spiro atoms. The Bertz CT molecular complexity index is 595. The molecule has 0 saturated carbocycles. The summed E-state index contributed by atoms with van der Waals surface area (Å²) in [6, 6.07) is 4.13. The zero-order valence-corrected chi connectivity index (χ0v) is 11.7. The fourth-order valence-corrected chi connectivity index (χ4v) is 3.30. The van der Waals surface area contributed by atoms with Gasteiger partial charge >= 0.3 is 0 Å². The van der Waals surface area contributed by atoms with Crippen LogP contribution in [-0.2, 0) is 4.79 Å². The smallest absolute Gasteiger partial charge is 0.222 e. The molecule has 0 aliphatic carbocycles. The Labute approximate surface area is 116 Å². The Hall–Kier alpha value is -1.62. The molecule has 3 rings (SSSR count). The first-order chi connectivity index (χ1) is 9.24. The van der Waals surface area contributed by atoms with Crippen LogP contribution in [0.1, 0.15) is 12.8 Å². The molecule has 1 saturated heterocycles. The van der Waals surface area contributed by atoms with Gasteiger partial charge in [-0.05, 0) is 35.2 Å². The molecule has 2 aromatic heterocycles. The maximum Gasteiger partial charge on any atom is 0.222 e. The maximum atomic E-state index is 11.7. The van der Waals surface area contributed by atoms with Crippen LogP contribution in [-0.4, -0.2) is 35.9 Å². The number of rotatable bonds is 3. The quantitative estimate of drug-likeness (QED) is 0.936. The van der Waals surface area contributed by atoms with Crippen LogP contribution in [0, 0.1) is 5.92 Å². The fourth-order valence-electron chi connectivity index (χ4n) is 2.44. The lowest BCUT2D eigenvalue weighted by atomic mass is 9.96. The topological polar surface area (TPSA) is 45.2 Å². The van der Waals surface area contributed by atoms with Gasteiger partial charge in [-0.2, -0.15) is 0 Å². The molecule has 0 aromatic carbocycles. The highest BCUT2D eigenvalue weighted by molar-refractivity contribution is 7.17. The number of piperidine rings is 1. The Kier molecular flexibility index (Phi) is 3.38. The number of nitrogens with zero attached hydrogens (tertiary/aromatic N) is 2. The van der Waals surface area contributed by atoms with Gasteiger partial charge in [-0.25, -0.2) is 4.98 Å². The van der Waals surface area contributed by atoms with Crippen LogP contribution in [0.4, 0.5) is 5.82 Å². The minimum atomic E-state index is 0.250. The number of carbonyl (C=O) groups is 1. The van der Waals surface area contributed by atoms with Gasteiger partial charge in [0.1, 0.15) is 5.82 Å². The number of fused-ring (bicyclic) bond motifs is 1. The molecule has 1 aliphatic rings. The third-order valence-corrected chi connectivity index (χ3v) is 4.63. The van der Waals surface area contributed by atoms with Crippen LogP contribution in [0.15, 0.2) is 23.7 Å². The summed E-state index contributed by atoms with van der Waals surface area (Å²) in [6.45, 7) is 1.69. The van der Waals surface area contributed by atoms with E-state index < -0.39 is 0 Å². The molecule has 1 atom stereocenters. The Morgan fingerprint density at radius 2 is 2.42 bits per heavy atom. The largest absolute Gasteiger partial charge is 0.369 e. The second-order valence-corrected chi connectivity index (χ2v) is 5.97. The van der Waals surface area contributed by atoms with Crippen molar-refractivity contribution >= 4 is 33.1 Å². The summed E-state index contributed by atoms with van der Waals surface area (Å²) in [5.41, 5.74) is 0. The van der Waals surface area contributed by atoms with Gasteiger partial charge in [-0.15, -0.1) is 11.3 Å². The highest BCUT2D eigenvalue weighted by Gasteiger charge is 2.23. The summed E-state index contributed by atoms with van der Waals surface area (Å²) in [5.74, 6) is 1.61. The zero-order valence-electron chi connectivity index (χ0n) is 10.9. The lowest BCUT2D eigenvalue weighted by Crippen LogP contribution is -2.37. The van der Waals surface area contributed by atoms with Crippen LogP contribution in [0.5, 0.6) is 0 Å². The monoisotopic (exact) mass is 275 g/mol. The molecule has 1 fully saturated rings. The van der Waals surface area contributed by atoms with E-state index in [1.807, 2.05) is 24.2 Å². The van der Waals surface area contributed by atoms with Crippen molar-refractivity contribution in [3.8, 4) is 0 Å². The van der Waals surface area contributed by atoms with Crippen molar-refractivity contribution in [2.45, 2.75) is 12.8 Å². The van der Waals surface area contributed by atoms with Crippen molar-refractivity contribution in [2.24, 2.45) is 5.92 Å². The minimum Gasteiger partial charge on any atom is -0.369 e. The minimum absolute atomic E-state index is 0.250. The van der Waals surface area contributed by atoms with E-state index in [2.05, 4.69) is 21.7 Å². The molecule has 1 N–H and O–H groups in total. The van der Waals surface area contributed by atoms with Crippen molar-refractivity contribution in [1.29, 1.82) is 0 Å². The number of anilines is 1. The molecule has 1 amide bonds. The molecule has 4 nitrogen and oxygen atoms in total. The van der Waals surface area contributed by atoms with E-state index in [4.69, 9.17) is 0 Å². The third kappa shape index (κ3) is 2.56. The van der Waals surface area contributed by atoms with Gasteiger partial charge in [0.15, 0.2) is 0 Å². The van der Waals surface area contributed by atoms with Gasteiger partial charge in [-0.3, -0.25) is 4.79 Å². The predicted molar refractivity (Wildman–Crippen MR) is 78.5 cm³/mol. The molecule has 1 unspecified atom stereocenters. The molecule has 3 heterocycles. The number of likely N-dealkylation sites (tertiary alicyclic amines) is 1. The van der Waals surface area contributed by atoms with Gasteiger partial charge in [0, 0.05) is 32.8 Å². The van der Waals surface area contributed by atoms with Crippen LogP contribution in [0.3, 0.4) is 0 Å². The van der Waals surface area contributed by atoms with E-state index in [0.29, 0.717) is 12.3 Å². The van der Waals surface area contributed by atoms with Crippen LogP contribution in [0.25, 0.3) is 10.1 Å². The predicted octanol–water partition coefficient (Wildman–Crippen LogP) is 2.58. The molecule has 0 radical (unpaired) electrons. The summed E-state index contributed by atoms with van der Waals surface area (Å²) in [5, 5.41) is 6.71. The fraction of sp³-hybridized carbons (Fsp3) is 0.429. The number of thiophene rings is 1. The lowest BCUT2D eigenvalue weighted by molar-refractivity contribution is -0.133. The summed E-state index contributed by atoms with van der Waals surface area (Å²) < 4.78 is 1.20. The molecular formula is C14H17N3OS. The highest BCUT2D eigenvalue weighted by Crippen LogP contribution is 2.27. The molecule has 0 bridgehead atoms. The summed E-state index contributed by atoms with van der Waals surface area (Å²) >= 11 is 1.70. The van der Waals surface area contributed by atoms with Crippen molar-refractivity contribution in [3.05, 3.63) is 23.7 Å². The van der Waals surface area contributed by atoms with Crippen LogP contribution in [0.2, 0.25) is 0 Å². The summed E-state index contributed by atoms with van der Waals surface area (Å²) in [7, 11) is 1.87. The number of aromatic nitrogens is 1. The van der Waals surface area contributed by atoms with Gasteiger partial charge < -0.3 is 10.2 Å². The van der Waals surface area contributed by atoms with Gasteiger partial charge in [0.05, 0.1) is 4.70 Å². The Morgan fingerprint density at radius 1 is 1.53 bits per heavy atom. The third-order valence-electron chi connectivity index (χ3n) is 3.69. The second kappa shape index (κ2) is 5.17. The number of pyridine rings is 1. The first-order valence-electron chi connectivity index (χ1n) is 6.54. The number of amides is 1. The van der Waals surface area contributed by atoms with E-state index in [9.17, 15) is 4.79 Å². The normalized spacial score (nSPS) is 19.9. The van der Waals surface area contributed by atoms with Gasteiger partial charge in [0.2, 0.25) is 5.91 Å². The molecule has 2 aromatic rings. The first-order valence-corrected chi connectivity index (χ1v) is 7.42. The van der Waals surface area contributed by atoms with E-state index in [1.54, 1.807) is 11.3 Å². The van der Waals surface area contributed by atoms with Crippen molar-refractivity contribution in [1.82, 2.24) is 9.88 Å². The zero-order chi connectivity index (χ0) is 13.2. The second-order valence-electron chi connectivity index (χ2n) is 5.05. The van der Waals surface area contributed by atoms with E-state index in [1.165, 1.54) is 10.1 Å². The lowest BCUT2D eigenvalue weighted by Gasteiger charge is -2.28.